The maximum atomic E-state index is 13.6. The fraction of sp³-hybridized carbons (Fsp3) is 0.250. The Labute approximate surface area is 178 Å². The van der Waals surface area contributed by atoms with E-state index in [1.165, 1.54) is 28.3 Å². The van der Waals surface area contributed by atoms with Gasteiger partial charge in [-0.15, -0.1) is 22.7 Å². The van der Waals surface area contributed by atoms with Gasteiger partial charge in [0.2, 0.25) is 5.52 Å². The van der Waals surface area contributed by atoms with E-state index < -0.39 is 0 Å². The van der Waals surface area contributed by atoms with Gasteiger partial charge in [0.25, 0.3) is 10.6 Å². The van der Waals surface area contributed by atoms with Crippen LogP contribution >= 0.6 is 34.0 Å². The first kappa shape index (κ1) is 19.9. The maximum Gasteiger partial charge on any atom is 0.270 e. The van der Waals surface area contributed by atoms with Crippen LogP contribution in [0.2, 0.25) is 0 Å². The molecule has 0 aliphatic heterocycles. The molecular weight excluding hydrogens is 427 g/mol. The Kier molecular flexibility index (Phi) is 5.37. The molecule has 0 radical (unpaired) electrons. The Hall–Kier alpha value is -2.36. The van der Waals surface area contributed by atoms with E-state index in [9.17, 15) is 9.18 Å². The summed E-state index contributed by atoms with van der Waals surface area (Å²) < 4.78 is 21.7. The summed E-state index contributed by atoms with van der Waals surface area (Å²) in [4.78, 5) is 19.4. The smallest absolute Gasteiger partial charge is 0.270 e. The Morgan fingerprint density at radius 1 is 1.28 bits per heavy atom. The molecule has 9 heteroatoms. The van der Waals surface area contributed by atoms with Crippen molar-refractivity contribution in [1.82, 2.24) is 9.13 Å². The van der Waals surface area contributed by atoms with Crippen molar-refractivity contribution >= 4 is 56.5 Å². The number of thiazole rings is 3. The van der Waals surface area contributed by atoms with Gasteiger partial charge >= 0.3 is 0 Å². The van der Waals surface area contributed by atoms with Gasteiger partial charge in [0.15, 0.2) is 4.80 Å². The van der Waals surface area contributed by atoms with Crippen LogP contribution in [0.1, 0.15) is 16.8 Å². The maximum absolute atomic E-state index is 13.6. The summed E-state index contributed by atoms with van der Waals surface area (Å²) in [7, 11) is 3.85. The quantitative estimate of drug-likeness (QED) is 0.443. The van der Waals surface area contributed by atoms with E-state index in [2.05, 4.69) is 4.99 Å². The molecule has 29 heavy (non-hydrogen) atoms. The molecular formula is C20H20FN4OS3+. The molecule has 5 nitrogen and oxygen atoms in total. The highest BCUT2D eigenvalue weighted by molar-refractivity contribution is 7.19. The van der Waals surface area contributed by atoms with Gasteiger partial charge in [0.05, 0.1) is 12.3 Å². The van der Waals surface area contributed by atoms with Crippen LogP contribution in [0.5, 0.6) is 0 Å². The predicted octanol–water partition coefficient (Wildman–Crippen LogP) is 1.98. The van der Waals surface area contributed by atoms with Crippen molar-refractivity contribution < 1.29 is 8.96 Å². The van der Waals surface area contributed by atoms with Crippen LogP contribution in [0.4, 0.5) is 4.39 Å². The summed E-state index contributed by atoms with van der Waals surface area (Å²) >= 11 is 4.58. The summed E-state index contributed by atoms with van der Waals surface area (Å²) in [6.45, 7) is 4.56. The third-order valence-corrected chi connectivity index (χ3v) is 7.77. The fourth-order valence-electron chi connectivity index (χ4n) is 3.11. The van der Waals surface area contributed by atoms with Crippen LogP contribution in [-0.4, -0.2) is 9.13 Å². The molecule has 0 aliphatic rings. The number of benzene rings is 1. The highest BCUT2D eigenvalue weighted by Crippen LogP contribution is 2.21. The molecule has 4 rings (SSSR count). The molecule has 0 unspecified atom stereocenters. The molecule has 0 fully saturated rings. The van der Waals surface area contributed by atoms with Gasteiger partial charge in [-0.05, 0) is 26.0 Å². The van der Waals surface area contributed by atoms with E-state index in [1.807, 2.05) is 49.3 Å². The average molecular weight is 448 g/mol. The minimum Gasteiger partial charge on any atom is -0.326 e. The Morgan fingerprint density at radius 3 is 2.76 bits per heavy atom. The molecule has 4 aromatic rings. The van der Waals surface area contributed by atoms with Crippen LogP contribution < -0.4 is 24.1 Å². The number of hydrogen-bond acceptors (Lipinski definition) is 5. The van der Waals surface area contributed by atoms with Crippen LogP contribution in [0.15, 0.2) is 34.2 Å². The van der Waals surface area contributed by atoms with Gasteiger partial charge in [-0.3, -0.25) is 9.36 Å². The lowest BCUT2D eigenvalue weighted by Crippen LogP contribution is -2.32. The van der Waals surface area contributed by atoms with E-state index in [4.69, 9.17) is 0 Å². The second kappa shape index (κ2) is 7.81. The highest BCUT2D eigenvalue weighted by atomic mass is 32.1. The van der Waals surface area contributed by atoms with Crippen molar-refractivity contribution in [2.75, 3.05) is 0 Å². The molecule has 0 spiro atoms. The van der Waals surface area contributed by atoms with E-state index >= 15 is 0 Å². The van der Waals surface area contributed by atoms with E-state index in [0.29, 0.717) is 11.1 Å². The van der Waals surface area contributed by atoms with Gasteiger partial charge in [-0.1, -0.05) is 11.3 Å². The topological polar surface area (TPSA) is 43.2 Å². The van der Waals surface area contributed by atoms with Crippen LogP contribution in [0, 0.1) is 12.7 Å². The van der Waals surface area contributed by atoms with E-state index in [1.54, 1.807) is 39.5 Å². The van der Waals surface area contributed by atoms with Crippen LogP contribution in [-0.2, 0) is 20.6 Å². The first-order valence-electron chi connectivity index (χ1n) is 9.04. The zero-order valence-corrected chi connectivity index (χ0v) is 18.9. The SMILES string of the molecule is CCn1c(=O)/c(=C/N=c2sc(C)cn2C)s/c1=C\c1sc2ccc(F)cc2[n+]1C. The number of aromatic nitrogens is 3. The largest absolute Gasteiger partial charge is 0.326 e. The number of halogens is 1. The first-order chi connectivity index (χ1) is 13.9. The molecule has 3 aromatic heterocycles. The highest BCUT2D eigenvalue weighted by Gasteiger charge is 2.16. The van der Waals surface area contributed by atoms with Crippen molar-refractivity contribution in [3.8, 4) is 0 Å². The fourth-order valence-corrected chi connectivity index (χ4v) is 6.07. The minimum atomic E-state index is -0.255. The van der Waals surface area contributed by atoms with E-state index in [-0.39, 0.29) is 11.4 Å². The second-order valence-electron chi connectivity index (χ2n) is 6.60. The molecule has 0 saturated carbocycles. The molecule has 0 N–H and O–H groups in total. The van der Waals surface area contributed by atoms with Gasteiger partial charge in [0.1, 0.15) is 26.8 Å². The molecule has 0 aliphatic carbocycles. The number of nitrogens with zero attached hydrogens (tertiary/aromatic N) is 4. The molecule has 150 valence electrons. The van der Waals surface area contributed by atoms with Gasteiger partial charge in [-0.25, -0.2) is 9.38 Å². The lowest BCUT2D eigenvalue weighted by molar-refractivity contribution is -0.642. The zero-order chi connectivity index (χ0) is 20.7. The monoisotopic (exact) mass is 447 g/mol. The van der Waals surface area contributed by atoms with Gasteiger partial charge in [-0.2, -0.15) is 4.57 Å². The Balaban J connectivity index is 1.90. The summed E-state index contributed by atoms with van der Waals surface area (Å²) in [6.07, 6.45) is 5.66. The third kappa shape index (κ3) is 3.77. The Bertz CT molecular complexity index is 1470. The van der Waals surface area contributed by atoms with Crippen molar-refractivity contribution in [2.45, 2.75) is 20.4 Å². The van der Waals surface area contributed by atoms with Crippen molar-refractivity contribution in [2.24, 2.45) is 19.1 Å². The second-order valence-corrected chi connectivity index (χ2v) is 9.94. The molecule has 1 aromatic carbocycles. The average Bonchev–Trinajstić information content (AvgIpc) is 3.27. The normalized spacial score (nSPS) is 13.9. The van der Waals surface area contributed by atoms with E-state index in [0.717, 1.165) is 24.7 Å². The van der Waals surface area contributed by atoms with Gasteiger partial charge < -0.3 is 4.57 Å². The first-order valence-corrected chi connectivity index (χ1v) is 11.5. The van der Waals surface area contributed by atoms with Crippen LogP contribution in [0.25, 0.3) is 22.5 Å². The lowest BCUT2D eigenvalue weighted by Gasteiger charge is -1.93. The molecule has 0 amide bonds. The lowest BCUT2D eigenvalue weighted by atomic mass is 10.3. The molecule has 3 heterocycles. The molecule has 0 bridgehead atoms. The standard InChI is InChI=1S/C20H20FN4OS3/c1-5-25-18(9-17-24(4)14-8-13(21)6-7-15(14)28-17)29-16(19(25)26)10-22-20-23(3)11-12(2)27-20/h6-11H,5H2,1-4H3/q+1/b16-10-,22-20?. The summed E-state index contributed by atoms with van der Waals surface area (Å²) in [5.41, 5.74) is 0.795. The number of hydrogen-bond donors (Lipinski definition) is 0. The van der Waals surface area contributed by atoms with Crippen LogP contribution in [0.3, 0.4) is 0 Å². The summed E-state index contributed by atoms with van der Waals surface area (Å²) in [5, 5.41) is 0.956. The Morgan fingerprint density at radius 2 is 2.07 bits per heavy atom. The third-order valence-electron chi connectivity index (χ3n) is 4.55. The van der Waals surface area contributed by atoms with Crippen molar-refractivity contribution in [3.05, 3.63) is 64.4 Å². The van der Waals surface area contributed by atoms with Gasteiger partial charge in [0, 0.05) is 30.7 Å². The van der Waals surface area contributed by atoms with Crippen molar-refractivity contribution in [3.63, 3.8) is 0 Å². The van der Waals surface area contributed by atoms with Crippen molar-refractivity contribution in [1.29, 1.82) is 0 Å². The minimum absolute atomic E-state index is 0.0433. The molecule has 0 atom stereocenters. The number of fused-ring (bicyclic) bond motifs is 1. The number of rotatable bonds is 3. The molecule has 0 saturated heterocycles. The summed E-state index contributed by atoms with van der Waals surface area (Å²) in [5.74, 6) is -0.255. The predicted molar refractivity (Wildman–Crippen MR) is 118 cm³/mol. The number of aryl methyl sites for hydroxylation is 3. The zero-order valence-electron chi connectivity index (χ0n) is 16.5. The summed E-state index contributed by atoms with van der Waals surface area (Å²) in [6, 6.07) is 4.79.